The molecule has 12 heavy (non-hydrogen) atoms. The van der Waals surface area contributed by atoms with Crippen molar-refractivity contribution in [1.29, 1.82) is 0 Å². The largest absolute Gasteiger partial charge is 0.699 e. The van der Waals surface area contributed by atoms with Gasteiger partial charge in [0.2, 0.25) is 6.29 Å². The van der Waals surface area contributed by atoms with Gasteiger partial charge in [0.15, 0.2) is 0 Å². The molecule has 0 aromatic heterocycles. The fourth-order valence-corrected chi connectivity index (χ4v) is 0.395. The molecule has 0 rings (SSSR count). The summed E-state index contributed by atoms with van der Waals surface area (Å²) < 4.78 is 3.24. The van der Waals surface area contributed by atoms with Crippen LogP contribution in [-0.4, -0.2) is 56.1 Å². The quantitative estimate of drug-likeness (QED) is 0.103. The van der Waals surface area contributed by atoms with Crippen molar-refractivity contribution in [2.75, 3.05) is 0 Å². The molecule has 74 valence electrons. The van der Waals surface area contributed by atoms with E-state index in [4.69, 9.17) is 34.8 Å². The van der Waals surface area contributed by atoms with Crippen LogP contribution in [0.15, 0.2) is 0 Å². The standard InChI is InChI=1S/C2H8O9Si/c3-1(4)2(5,6)10-11-12(7,8)9/h1,3-9H. The molecule has 7 N–H and O–H groups in total. The molecule has 0 fully saturated rings. The lowest BCUT2D eigenvalue weighted by molar-refractivity contribution is -0.510. The molecule has 0 aliphatic heterocycles. The van der Waals surface area contributed by atoms with Crippen molar-refractivity contribution >= 4 is 9.05 Å². The van der Waals surface area contributed by atoms with E-state index in [0.29, 0.717) is 0 Å². The van der Waals surface area contributed by atoms with Gasteiger partial charge in [0.25, 0.3) is 0 Å². The third-order valence-corrected chi connectivity index (χ3v) is 0.919. The lowest BCUT2D eigenvalue weighted by atomic mass is 10.5. The first-order valence-corrected chi connectivity index (χ1v) is 4.25. The van der Waals surface area contributed by atoms with E-state index in [1.165, 1.54) is 0 Å². The maximum absolute atomic E-state index is 8.35. The van der Waals surface area contributed by atoms with E-state index in [1.54, 1.807) is 0 Å². The van der Waals surface area contributed by atoms with Crippen LogP contribution in [0.5, 0.6) is 0 Å². The second-order valence-corrected chi connectivity index (χ2v) is 3.09. The van der Waals surface area contributed by atoms with Gasteiger partial charge in [-0.05, 0) is 0 Å². The summed E-state index contributed by atoms with van der Waals surface area (Å²) in [7, 11) is -5.08. The van der Waals surface area contributed by atoms with Crippen molar-refractivity contribution in [3.8, 4) is 0 Å². The van der Waals surface area contributed by atoms with E-state index >= 15 is 0 Å². The predicted molar refractivity (Wildman–Crippen MR) is 30.0 cm³/mol. The maximum atomic E-state index is 8.35. The third kappa shape index (κ3) is 4.68. The highest BCUT2D eigenvalue weighted by molar-refractivity contribution is 6.48. The van der Waals surface area contributed by atoms with Gasteiger partial charge < -0.3 is 34.8 Å². The molecule has 0 aromatic carbocycles. The first-order valence-electron chi connectivity index (χ1n) is 2.50. The predicted octanol–water partition coefficient (Wildman–Crippen LogP) is -4.70. The number of aliphatic hydroxyl groups is 4. The van der Waals surface area contributed by atoms with Crippen LogP contribution in [0.4, 0.5) is 0 Å². The normalized spacial score (nSPS) is 14.0. The zero-order chi connectivity index (χ0) is 9.99. The van der Waals surface area contributed by atoms with Gasteiger partial charge in [0, 0.05) is 0 Å². The fourth-order valence-electron chi connectivity index (χ4n) is 0.160. The number of rotatable bonds is 4. The SMILES string of the molecule is OC(O)C(O)(O)OO[Si](O)(O)O. The molecule has 0 saturated carbocycles. The Kier molecular flexibility index (Phi) is 3.67. The van der Waals surface area contributed by atoms with E-state index in [-0.39, 0.29) is 0 Å². The molecule has 0 radical (unpaired) electrons. The van der Waals surface area contributed by atoms with Gasteiger partial charge in [0.1, 0.15) is 0 Å². The number of aliphatic hydroxyl groups excluding tert-OH is 1. The summed E-state index contributed by atoms with van der Waals surface area (Å²) in [6, 6.07) is 0. The Morgan fingerprint density at radius 1 is 1.08 bits per heavy atom. The Bertz CT molecular complexity index is 136. The van der Waals surface area contributed by atoms with Crippen LogP contribution in [-0.2, 0) is 9.46 Å². The van der Waals surface area contributed by atoms with Crippen molar-refractivity contribution in [1.82, 2.24) is 0 Å². The average molecular weight is 204 g/mol. The fraction of sp³-hybridized carbons (Fsp3) is 1.00. The summed E-state index contributed by atoms with van der Waals surface area (Å²) in [4.78, 5) is 27.5. The Labute approximate surface area is 66.7 Å². The number of hydrogen-bond donors (Lipinski definition) is 7. The van der Waals surface area contributed by atoms with Gasteiger partial charge in [-0.15, -0.1) is 0 Å². The van der Waals surface area contributed by atoms with Crippen LogP contribution in [0.2, 0.25) is 0 Å². The average Bonchev–Trinajstić information content (AvgIpc) is 1.82. The zero-order valence-corrected chi connectivity index (χ0v) is 6.52. The van der Waals surface area contributed by atoms with E-state index < -0.39 is 21.3 Å². The lowest BCUT2D eigenvalue weighted by Gasteiger charge is -2.22. The highest BCUT2D eigenvalue weighted by Gasteiger charge is 2.41. The van der Waals surface area contributed by atoms with Crippen LogP contribution in [0.3, 0.4) is 0 Å². The van der Waals surface area contributed by atoms with Crippen molar-refractivity contribution < 1.29 is 44.3 Å². The Morgan fingerprint density at radius 2 is 1.50 bits per heavy atom. The summed E-state index contributed by atoms with van der Waals surface area (Å²) in [5.41, 5.74) is 0. The van der Waals surface area contributed by atoms with Crippen molar-refractivity contribution in [3.63, 3.8) is 0 Å². The molecule has 0 heterocycles. The first kappa shape index (κ1) is 11.9. The minimum atomic E-state index is -5.08. The summed E-state index contributed by atoms with van der Waals surface area (Å²) in [5.74, 6) is -3.55. The second kappa shape index (κ2) is 3.71. The summed E-state index contributed by atoms with van der Waals surface area (Å²) >= 11 is 0. The Balaban J connectivity index is 3.93. The lowest BCUT2D eigenvalue weighted by Crippen LogP contribution is -2.49. The number of hydrogen-bond acceptors (Lipinski definition) is 9. The molecule has 10 heteroatoms. The van der Waals surface area contributed by atoms with Gasteiger partial charge >= 0.3 is 15.0 Å². The summed E-state index contributed by atoms with van der Waals surface area (Å²) in [5, 5.41) is 32.9. The van der Waals surface area contributed by atoms with E-state index in [9.17, 15) is 0 Å². The highest BCUT2D eigenvalue weighted by atomic mass is 28.4. The van der Waals surface area contributed by atoms with Crippen molar-refractivity contribution in [3.05, 3.63) is 0 Å². The third-order valence-electron chi connectivity index (χ3n) is 0.612. The second-order valence-electron chi connectivity index (χ2n) is 1.77. The molecule has 0 spiro atoms. The van der Waals surface area contributed by atoms with E-state index in [0.717, 1.165) is 0 Å². The molecular formula is C2H8O9Si. The zero-order valence-electron chi connectivity index (χ0n) is 5.52. The topological polar surface area (TPSA) is 160 Å². The molecule has 0 aromatic rings. The molecule has 0 aliphatic rings. The van der Waals surface area contributed by atoms with Crippen LogP contribution in [0.25, 0.3) is 0 Å². The van der Waals surface area contributed by atoms with Gasteiger partial charge in [-0.3, -0.25) is 0 Å². The van der Waals surface area contributed by atoms with Crippen LogP contribution in [0, 0.1) is 0 Å². The van der Waals surface area contributed by atoms with Crippen LogP contribution >= 0.6 is 0 Å². The maximum Gasteiger partial charge on any atom is 0.699 e. The molecule has 0 aliphatic carbocycles. The van der Waals surface area contributed by atoms with Gasteiger partial charge in [-0.2, -0.15) is 9.46 Å². The molecule has 0 saturated heterocycles. The van der Waals surface area contributed by atoms with Crippen molar-refractivity contribution in [2.45, 2.75) is 12.3 Å². The molecular weight excluding hydrogens is 196 g/mol. The van der Waals surface area contributed by atoms with Gasteiger partial charge in [-0.1, -0.05) is 0 Å². The highest BCUT2D eigenvalue weighted by Crippen LogP contribution is 2.08. The van der Waals surface area contributed by atoms with Gasteiger partial charge in [0.05, 0.1) is 0 Å². The van der Waals surface area contributed by atoms with Crippen LogP contribution < -0.4 is 0 Å². The monoisotopic (exact) mass is 204 g/mol. The minimum Gasteiger partial charge on any atom is -0.366 e. The van der Waals surface area contributed by atoms with Crippen molar-refractivity contribution in [2.24, 2.45) is 0 Å². The minimum absolute atomic E-state index is 2.76. The molecule has 0 bridgehead atoms. The first-order chi connectivity index (χ1) is 5.15. The Hall–Kier alpha value is -0.143. The molecule has 9 nitrogen and oxygen atoms in total. The smallest absolute Gasteiger partial charge is 0.366 e. The van der Waals surface area contributed by atoms with Gasteiger partial charge in [-0.25, -0.2) is 0 Å². The van der Waals surface area contributed by atoms with Crippen LogP contribution in [0.1, 0.15) is 0 Å². The molecule has 0 amide bonds. The van der Waals surface area contributed by atoms with E-state index in [1.807, 2.05) is 0 Å². The Morgan fingerprint density at radius 3 is 1.75 bits per heavy atom. The summed E-state index contributed by atoms with van der Waals surface area (Å²) in [6.07, 6.45) is -2.76. The molecule has 0 atom stereocenters. The molecule has 0 unspecified atom stereocenters. The summed E-state index contributed by atoms with van der Waals surface area (Å²) in [6.45, 7) is 0. The van der Waals surface area contributed by atoms with E-state index in [2.05, 4.69) is 9.46 Å².